The van der Waals surface area contributed by atoms with E-state index < -0.39 is 0 Å². The van der Waals surface area contributed by atoms with Gasteiger partial charge in [-0.05, 0) is 18.8 Å². The summed E-state index contributed by atoms with van der Waals surface area (Å²) in [6.45, 7) is 4.50. The SMILES string of the molecule is CCCCCCCCC(C)/C=C/CCC(=O)OC. The highest BCUT2D eigenvalue weighted by Crippen LogP contribution is 2.13. The molecule has 0 heterocycles. The smallest absolute Gasteiger partial charge is 0.305 e. The molecule has 0 aromatic rings. The normalized spacial score (nSPS) is 12.8. The van der Waals surface area contributed by atoms with Crippen LogP contribution in [-0.2, 0) is 9.53 Å². The Hall–Kier alpha value is -0.790. The Labute approximate surface area is 113 Å². The molecule has 0 amide bonds. The van der Waals surface area contributed by atoms with Gasteiger partial charge in [0.1, 0.15) is 0 Å². The average Bonchev–Trinajstić information content (AvgIpc) is 2.38. The number of esters is 1. The van der Waals surface area contributed by atoms with Crippen LogP contribution in [0.1, 0.15) is 71.6 Å². The van der Waals surface area contributed by atoms with Crippen molar-refractivity contribution in [1.29, 1.82) is 0 Å². The molecule has 0 aromatic carbocycles. The Bertz CT molecular complexity index is 221. The van der Waals surface area contributed by atoms with Crippen LogP contribution in [0.15, 0.2) is 12.2 Å². The number of carbonyl (C=O) groups is 1. The minimum atomic E-state index is -0.122. The zero-order chi connectivity index (χ0) is 13.6. The van der Waals surface area contributed by atoms with Crippen LogP contribution in [-0.4, -0.2) is 13.1 Å². The molecule has 1 unspecified atom stereocenters. The molecule has 0 aliphatic carbocycles. The summed E-state index contributed by atoms with van der Waals surface area (Å²) in [6, 6.07) is 0. The van der Waals surface area contributed by atoms with Gasteiger partial charge in [0.25, 0.3) is 0 Å². The lowest BCUT2D eigenvalue weighted by Gasteiger charge is -2.05. The summed E-state index contributed by atoms with van der Waals surface area (Å²) in [5.74, 6) is 0.511. The second kappa shape index (κ2) is 12.7. The Morgan fingerprint density at radius 2 is 1.83 bits per heavy atom. The van der Waals surface area contributed by atoms with Gasteiger partial charge < -0.3 is 4.74 Å². The van der Waals surface area contributed by atoms with Crippen LogP contribution >= 0.6 is 0 Å². The molecule has 18 heavy (non-hydrogen) atoms. The van der Waals surface area contributed by atoms with E-state index in [1.165, 1.54) is 52.1 Å². The summed E-state index contributed by atoms with van der Waals surface area (Å²) < 4.78 is 4.60. The van der Waals surface area contributed by atoms with Crippen molar-refractivity contribution in [3.05, 3.63) is 12.2 Å². The fourth-order valence-corrected chi connectivity index (χ4v) is 1.97. The van der Waals surface area contributed by atoms with Crippen molar-refractivity contribution in [3.63, 3.8) is 0 Å². The number of rotatable bonds is 11. The minimum Gasteiger partial charge on any atom is -0.469 e. The molecule has 0 N–H and O–H groups in total. The fourth-order valence-electron chi connectivity index (χ4n) is 1.97. The van der Waals surface area contributed by atoms with E-state index >= 15 is 0 Å². The molecule has 2 heteroatoms. The Morgan fingerprint density at radius 1 is 1.17 bits per heavy atom. The van der Waals surface area contributed by atoms with Crippen molar-refractivity contribution in [2.24, 2.45) is 5.92 Å². The monoisotopic (exact) mass is 254 g/mol. The van der Waals surface area contributed by atoms with Crippen molar-refractivity contribution in [2.45, 2.75) is 71.6 Å². The number of hydrogen-bond donors (Lipinski definition) is 0. The Balaban J connectivity index is 3.38. The predicted octanol–water partition coefficient (Wildman–Crippen LogP) is 4.88. The molecule has 0 saturated heterocycles. The number of ether oxygens (including phenoxy) is 1. The van der Waals surface area contributed by atoms with Gasteiger partial charge >= 0.3 is 5.97 Å². The maximum absolute atomic E-state index is 10.9. The number of carbonyl (C=O) groups excluding carboxylic acids is 1. The largest absolute Gasteiger partial charge is 0.469 e. The lowest BCUT2D eigenvalue weighted by atomic mass is 10.0. The van der Waals surface area contributed by atoms with E-state index in [9.17, 15) is 4.79 Å². The minimum absolute atomic E-state index is 0.122. The maximum Gasteiger partial charge on any atom is 0.305 e. The quantitative estimate of drug-likeness (QED) is 0.298. The van der Waals surface area contributed by atoms with Crippen LogP contribution in [0, 0.1) is 5.92 Å². The molecule has 0 bridgehead atoms. The number of methoxy groups -OCH3 is 1. The first-order valence-electron chi connectivity index (χ1n) is 7.44. The van der Waals surface area contributed by atoms with Crippen molar-refractivity contribution >= 4 is 5.97 Å². The van der Waals surface area contributed by atoms with E-state index in [0.717, 1.165) is 6.42 Å². The van der Waals surface area contributed by atoms with Crippen LogP contribution in [0.25, 0.3) is 0 Å². The zero-order valence-electron chi connectivity index (χ0n) is 12.4. The third kappa shape index (κ3) is 11.7. The second-order valence-corrected chi connectivity index (χ2v) is 5.08. The molecular weight excluding hydrogens is 224 g/mol. The van der Waals surface area contributed by atoms with Gasteiger partial charge in [-0.2, -0.15) is 0 Å². The van der Waals surface area contributed by atoms with Crippen LogP contribution in [0.2, 0.25) is 0 Å². The Kier molecular flexibility index (Phi) is 12.1. The maximum atomic E-state index is 10.9. The van der Waals surface area contributed by atoms with Gasteiger partial charge in [-0.1, -0.05) is 64.5 Å². The van der Waals surface area contributed by atoms with E-state index in [1.807, 2.05) is 0 Å². The van der Waals surface area contributed by atoms with Crippen molar-refractivity contribution in [1.82, 2.24) is 0 Å². The van der Waals surface area contributed by atoms with E-state index in [-0.39, 0.29) is 5.97 Å². The van der Waals surface area contributed by atoms with E-state index in [4.69, 9.17) is 0 Å². The molecule has 0 fully saturated rings. The first kappa shape index (κ1) is 17.2. The van der Waals surface area contributed by atoms with Crippen molar-refractivity contribution < 1.29 is 9.53 Å². The molecule has 0 aliphatic rings. The second-order valence-electron chi connectivity index (χ2n) is 5.08. The van der Waals surface area contributed by atoms with Crippen molar-refractivity contribution in [3.8, 4) is 0 Å². The lowest BCUT2D eigenvalue weighted by molar-refractivity contribution is -0.140. The molecule has 0 aliphatic heterocycles. The molecule has 106 valence electrons. The fraction of sp³-hybridized carbons (Fsp3) is 0.812. The first-order valence-corrected chi connectivity index (χ1v) is 7.44. The standard InChI is InChI=1S/C16H30O2/c1-4-5-6-7-8-9-12-15(2)13-10-11-14-16(17)18-3/h10,13,15H,4-9,11-12,14H2,1-3H3/b13-10+. The predicted molar refractivity (Wildman–Crippen MR) is 77.5 cm³/mol. The van der Waals surface area contributed by atoms with Crippen LogP contribution in [0.5, 0.6) is 0 Å². The number of allylic oxidation sites excluding steroid dienone is 2. The molecule has 1 atom stereocenters. The number of hydrogen-bond acceptors (Lipinski definition) is 2. The van der Waals surface area contributed by atoms with E-state index in [2.05, 4.69) is 30.7 Å². The van der Waals surface area contributed by atoms with Gasteiger partial charge in [-0.15, -0.1) is 0 Å². The highest BCUT2D eigenvalue weighted by Gasteiger charge is 1.99. The molecule has 0 radical (unpaired) electrons. The van der Waals surface area contributed by atoms with Gasteiger partial charge in [0.2, 0.25) is 0 Å². The van der Waals surface area contributed by atoms with Gasteiger partial charge in [0, 0.05) is 6.42 Å². The van der Waals surface area contributed by atoms with Gasteiger partial charge in [0.15, 0.2) is 0 Å². The summed E-state index contributed by atoms with van der Waals surface area (Å²) in [7, 11) is 1.44. The molecule has 0 spiro atoms. The molecule has 2 nitrogen and oxygen atoms in total. The van der Waals surface area contributed by atoms with Crippen LogP contribution < -0.4 is 0 Å². The van der Waals surface area contributed by atoms with Gasteiger partial charge in [-0.25, -0.2) is 0 Å². The molecule has 0 aromatic heterocycles. The van der Waals surface area contributed by atoms with Crippen molar-refractivity contribution in [2.75, 3.05) is 7.11 Å². The topological polar surface area (TPSA) is 26.3 Å². The van der Waals surface area contributed by atoms with Crippen LogP contribution in [0.4, 0.5) is 0 Å². The molecule has 0 saturated carbocycles. The first-order chi connectivity index (χ1) is 8.70. The average molecular weight is 254 g/mol. The zero-order valence-corrected chi connectivity index (χ0v) is 12.4. The third-order valence-corrected chi connectivity index (χ3v) is 3.22. The summed E-state index contributed by atoms with van der Waals surface area (Å²) in [4.78, 5) is 10.9. The molecular formula is C16H30O2. The number of unbranched alkanes of at least 4 members (excludes halogenated alkanes) is 5. The highest BCUT2D eigenvalue weighted by atomic mass is 16.5. The summed E-state index contributed by atoms with van der Waals surface area (Å²) in [5, 5.41) is 0. The third-order valence-electron chi connectivity index (χ3n) is 3.22. The van der Waals surface area contributed by atoms with Crippen LogP contribution in [0.3, 0.4) is 0 Å². The highest BCUT2D eigenvalue weighted by molar-refractivity contribution is 5.69. The Morgan fingerprint density at radius 3 is 2.50 bits per heavy atom. The van der Waals surface area contributed by atoms with Gasteiger partial charge in [-0.3, -0.25) is 4.79 Å². The molecule has 0 rings (SSSR count). The summed E-state index contributed by atoms with van der Waals surface area (Å²) in [6.07, 6.45) is 15.1. The van der Waals surface area contributed by atoms with Gasteiger partial charge in [0.05, 0.1) is 7.11 Å². The van der Waals surface area contributed by atoms with E-state index in [0.29, 0.717) is 12.3 Å². The summed E-state index contributed by atoms with van der Waals surface area (Å²) in [5.41, 5.74) is 0. The summed E-state index contributed by atoms with van der Waals surface area (Å²) >= 11 is 0. The lowest BCUT2D eigenvalue weighted by Crippen LogP contribution is -1.98. The van der Waals surface area contributed by atoms with E-state index in [1.54, 1.807) is 0 Å².